The molecule has 1 aliphatic rings. The van der Waals surface area contributed by atoms with Crippen molar-refractivity contribution in [3.63, 3.8) is 0 Å². The number of aryl methyl sites for hydroxylation is 1. The van der Waals surface area contributed by atoms with Crippen molar-refractivity contribution in [1.29, 1.82) is 0 Å². The molecular weight excluding hydrogens is 290 g/mol. The van der Waals surface area contributed by atoms with Gasteiger partial charge in [-0.3, -0.25) is 4.79 Å². The van der Waals surface area contributed by atoms with Crippen molar-refractivity contribution in [3.8, 4) is 11.8 Å². The SMILES string of the molecule is CSC1CCC(NC(=O)c2cc(C)c(C#CCO)s2)C1. The third-order valence-corrected chi connectivity index (χ3v) is 5.72. The van der Waals surface area contributed by atoms with Gasteiger partial charge in [0.15, 0.2) is 0 Å². The van der Waals surface area contributed by atoms with Crippen LogP contribution in [0.3, 0.4) is 0 Å². The highest BCUT2D eigenvalue weighted by molar-refractivity contribution is 7.99. The van der Waals surface area contributed by atoms with Crippen LogP contribution in [0.4, 0.5) is 0 Å². The number of amides is 1. The van der Waals surface area contributed by atoms with Crippen LogP contribution >= 0.6 is 23.1 Å². The van der Waals surface area contributed by atoms with Gasteiger partial charge >= 0.3 is 0 Å². The van der Waals surface area contributed by atoms with Gasteiger partial charge in [0.1, 0.15) is 6.61 Å². The van der Waals surface area contributed by atoms with Gasteiger partial charge in [0, 0.05) is 11.3 Å². The minimum absolute atomic E-state index is 0.00176. The summed E-state index contributed by atoms with van der Waals surface area (Å²) in [5.41, 5.74) is 0.995. The molecule has 1 heterocycles. The van der Waals surface area contributed by atoms with Gasteiger partial charge < -0.3 is 10.4 Å². The van der Waals surface area contributed by atoms with Crippen molar-refractivity contribution >= 4 is 29.0 Å². The number of carbonyl (C=O) groups is 1. The smallest absolute Gasteiger partial charge is 0.261 e. The molecule has 1 aromatic rings. The topological polar surface area (TPSA) is 49.3 Å². The van der Waals surface area contributed by atoms with Gasteiger partial charge in [-0.05, 0) is 44.1 Å². The van der Waals surface area contributed by atoms with Gasteiger partial charge in [-0.15, -0.1) is 11.3 Å². The van der Waals surface area contributed by atoms with Gasteiger partial charge in [0.25, 0.3) is 5.91 Å². The lowest BCUT2D eigenvalue weighted by atomic mass is 10.2. The first-order valence-corrected chi connectivity index (χ1v) is 8.78. The van der Waals surface area contributed by atoms with Crippen LogP contribution < -0.4 is 5.32 Å². The summed E-state index contributed by atoms with van der Waals surface area (Å²) in [6.07, 6.45) is 5.44. The van der Waals surface area contributed by atoms with E-state index in [1.807, 2.05) is 24.8 Å². The summed E-state index contributed by atoms with van der Waals surface area (Å²) in [5, 5.41) is 12.5. The van der Waals surface area contributed by atoms with Crippen LogP contribution in [0.1, 0.15) is 39.4 Å². The lowest BCUT2D eigenvalue weighted by molar-refractivity contribution is 0.0942. The number of aliphatic hydroxyl groups is 1. The highest BCUT2D eigenvalue weighted by Gasteiger charge is 2.25. The Balaban J connectivity index is 1.99. The first kappa shape index (κ1) is 15.4. The fourth-order valence-corrected chi connectivity index (χ4v) is 4.13. The molecule has 20 heavy (non-hydrogen) atoms. The highest BCUT2D eigenvalue weighted by atomic mass is 32.2. The Morgan fingerprint density at radius 2 is 2.40 bits per heavy atom. The summed E-state index contributed by atoms with van der Waals surface area (Å²) < 4.78 is 0. The minimum Gasteiger partial charge on any atom is -0.384 e. The zero-order valence-electron chi connectivity index (χ0n) is 11.7. The molecule has 0 radical (unpaired) electrons. The van der Waals surface area contributed by atoms with E-state index in [1.54, 1.807) is 0 Å². The number of nitrogens with one attached hydrogen (secondary N) is 1. The second kappa shape index (κ2) is 7.16. The van der Waals surface area contributed by atoms with Crippen molar-refractivity contribution < 1.29 is 9.90 Å². The van der Waals surface area contributed by atoms with E-state index in [0.717, 1.165) is 23.3 Å². The molecule has 108 valence electrons. The van der Waals surface area contributed by atoms with Gasteiger partial charge in [-0.2, -0.15) is 11.8 Å². The lowest BCUT2D eigenvalue weighted by Gasteiger charge is -2.11. The lowest BCUT2D eigenvalue weighted by Crippen LogP contribution is -2.32. The second-order valence-corrected chi connectivity index (χ2v) is 7.11. The van der Waals surface area contributed by atoms with Crippen molar-refractivity contribution in [1.82, 2.24) is 5.32 Å². The van der Waals surface area contributed by atoms with Gasteiger partial charge in [-0.25, -0.2) is 0 Å². The number of hydrogen-bond acceptors (Lipinski definition) is 4. The van der Waals surface area contributed by atoms with Crippen LogP contribution in [0.2, 0.25) is 0 Å². The Hall–Kier alpha value is -0.960. The molecule has 0 bridgehead atoms. The van der Waals surface area contributed by atoms with E-state index in [-0.39, 0.29) is 12.5 Å². The van der Waals surface area contributed by atoms with Crippen molar-refractivity contribution in [2.24, 2.45) is 0 Å². The zero-order valence-corrected chi connectivity index (χ0v) is 13.4. The Morgan fingerprint density at radius 3 is 3.05 bits per heavy atom. The molecule has 0 aliphatic heterocycles. The van der Waals surface area contributed by atoms with Crippen molar-refractivity contribution in [2.45, 2.75) is 37.5 Å². The maximum Gasteiger partial charge on any atom is 0.261 e. The first-order valence-electron chi connectivity index (χ1n) is 6.68. The Morgan fingerprint density at radius 1 is 1.60 bits per heavy atom. The molecule has 0 aromatic carbocycles. The Labute approximate surface area is 128 Å². The largest absolute Gasteiger partial charge is 0.384 e. The Bertz CT molecular complexity index is 542. The van der Waals surface area contributed by atoms with E-state index >= 15 is 0 Å². The maximum atomic E-state index is 12.2. The Kier molecular flexibility index (Phi) is 5.53. The molecular formula is C15H19NO2S2. The highest BCUT2D eigenvalue weighted by Crippen LogP contribution is 2.29. The molecule has 2 N–H and O–H groups in total. The molecule has 1 fully saturated rings. The van der Waals surface area contributed by atoms with Crippen molar-refractivity contribution in [2.75, 3.05) is 12.9 Å². The van der Waals surface area contributed by atoms with Gasteiger partial charge in [0.2, 0.25) is 0 Å². The predicted molar refractivity (Wildman–Crippen MR) is 85.4 cm³/mol. The second-order valence-electron chi connectivity index (χ2n) is 4.92. The monoisotopic (exact) mass is 309 g/mol. The van der Waals surface area contributed by atoms with E-state index in [1.165, 1.54) is 17.8 Å². The number of hydrogen-bond donors (Lipinski definition) is 2. The number of thiophene rings is 1. The first-order chi connectivity index (χ1) is 9.63. The van der Waals surface area contributed by atoms with Crippen LogP contribution in [0.5, 0.6) is 0 Å². The number of aliphatic hydroxyl groups excluding tert-OH is 1. The van der Waals surface area contributed by atoms with Crippen LogP contribution in [-0.4, -0.2) is 35.2 Å². The summed E-state index contributed by atoms with van der Waals surface area (Å²) in [6, 6.07) is 2.18. The van der Waals surface area contributed by atoms with Gasteiger partial charge in [0.05, 0.1) is 9.75 Å². The fraction of sp³-hybridized carbons (Fsp3) is 0.533. The van der Waals surface area contributed by atoms with Crippen molar-refractivity contribution in [3.05, 3.63) is 21.4 Å². The minimum atomic E-state index is -0.156. The molecule has 2 rings (SSSR count). The number of rotatable bonds is 3. The molecule has 2 atom stereocenters. The normalized spacial score (nSPS) is 21.4. The summed E-state index contributed by atoms with van der Waals surface area (Å²) in [5.74, 6) is 5.51. The molecule has 5 heteroatoms. The summed E-state index contributed by atoms with van der Waals surface area (Å²) in [7, 11) is 0. The maximum absolute atomic E-state index is 12.2. The molecule has 1 aromatic heterocycles. The summed E-state index contributed by atoms with van der Waals surface area (Å²) >= 11 is 3.28. The average Bonchev–Trinajstić information content (AvgIpc) is 3.03. The van der Waals surface area contributed by atoms with E-state index in [9.17, 15) is 4.79 Å². The van der Waals surface area contributed by atoms with Gasteiger partial charge in [-0.1, -0.05) is 11.8 Å². The van der Waals surface area contributed by atoms with E-state index in [0.29, 0.717) is 16.2 Å². The molecule has 3 nitrogen and oxygen atoms in total. The quantitative estimate of drug-likeness (QED) is 0.843. The molecule has 0 spiro atoms. The summed E-state index contributed by atoms with van der Waals surface area (Å²) in [6.45, 7) is 1.78. The standard InChI is InChI=1S/C15H19NO2S2/c1-10-8-14(20-13(10)4-3-7-17)15(18)16-11-5-6-12(9-11)19-2/h8,11-12,17H,5-7,9H2,1-2H3,(H,16,18). The third-order valence-electron chi connectivity index (χ3n) is 3.48. The van der Waals surface area contributed by atoms with Crippen LogP contribution in [-0.2, 0) is 0 Å². The van der Waals surface area contributed by atoms with E-state index in [4.69, 9.17) is 5.11 Å². The zero-order chi connectivity index (χ0) is 14.5. The van der Waals surface area contributed by atoms with Crippen LogP contribution in [0.25, 0.3) is 0 Å². The third kappa shape index (κ3) is 3.78. The number of thioether (sulfide) groups is 1. The summed E-state index contributed by atoms with van der Waals surface area (Å²) in [4.78, 5) is 13.8. The molecule has 2 unspecified atom stereocenters. The molecule has 1 saturated carbocycles. The van der Waals surface area contributed by atoms with Crippen LogP contribution in [0, 0.1) is 18.8 Å². The average molecular weight is 309 g/mol. The number of carbonyl (C=O) groups excluding carboxylic acids is 1. The molecule has 1 aliphatic carbocycles. The van der Waals surface area contributed by atoms with E-state index < -0.39 is 0 Å². The van der Waals surface area contributed by atoms with Crippen LogP contribution in [0.15, 0.2) is 6.07 Å². The molecule has 0 saturated heterocycles. The predicted octanol–water partition coefficient (Wildman–Crippen LogP) is 2.41. The molecule has 1 amide bonds. The fourth-order valence-electron chi connectivity index (χ4n) is 2.38. The van der Waals surface area contributed by atoms with E-state index in [2.05, 4.69) is 23.4 Å².